The fourth-order valence-electron chi connectivity index (χ4n) is 1.53. The maximum absolute atomic E-state index is 10.8. The lowest BCUT2D eigenvalue weighted by Crippen LogP contribution is -1.99. The molecule has 0 atom stereocenters. The Morgan fingerprint density at radius 3 is 2.68 bits per heavy atom. The average molecular weight is 297 g/mol. The molecule has 2 aromatic rings. The summed E-state index contributed by atoms with van der Waals surface area (Å²) in [6, 6.07) is 11.4. The van der Waals surface area contributed by atoms with E-state index < -0.39 is 5.97 Å². The van der Waals surface area contributed by atoms with Crippen molar-refractivity contribution in [3.63, 3.8) is 0 Å². The number of ether oxygens (including phenoxy) is 1. The number of halogens is 2. The third-order valence-electron chi connectivity index (χ3n) is 2.48. The van der Waals surface area contributed by atoms with Crippen molar-refractivity contribution in [1.82, 2.24) is 0 Å². The lowest BCUT2D eigenvalue weighted by molar-refractivity contribution is 0.0696. The quantitative estimate of drug-likeness (QED) is 0.916. The lowest BCUT2D eigenvalue weighted by Gasteiger charge is -2.08. The van der Waals surface area contributed by atoms with E-state index in [-0.39, 0.29) is 12.2 Å². The number of carboxylic acid groups (broad SMARTS) is 1. The number of aromatic carboxylic acids is 1. The van der Waals surface area contributed by atoms with E-state index in [1.165, 1.54) is 12.1 Å². The third-order valence-corrected chi connectivity index (χ3v) is 3.09. The van der Waals surface area contributed by atoms with Gasteiger partial charge in [0.15, 0.2) is 0 Å². The predicted molar refractivity (Wildman–Crippen MR) is 74.2 cm³/mol. The molecule has 19 heavy (non-hydrogen) atoms. The molecule has 0 bridgehead atoms. The van der Waals surface area contributed by atoms with Crippen LogP contribution in [0.3, 0.4) is 0 Å². The van der Waals surface area contributed by atoms with E-state index in [0.717, 1.165) is 5.56 Å². The average Bonchev–Trinajstić information content (AvgIpc) is 2.40. The number of hydrogen-bond acceptors (Lipinski definition) is 2. The summed E-state index contributed by atoms with van der Waals surface area (Å²) in [6.45, 7) is 0.225. The van der Waals surface area contributed by atoms with Crippen LogP contribution >= 0.6 is 23.2 Å². The van der Waals surface area contributed by atoms with Crippen LogP contribution in [0.1, 0.15) is 15.9 Å². The molecule has 0 amide bonds. The van der Waals surface area contributed by atoms with Crippen LogP contribution in [0.25, 0.3) is 0 Å². The Kier molecular flexibility index (Phi) is 4.30. The van der Waals surface area contributed by atoms with Gasteiger partial charge in [0.25, 0.3) is 0 Å². The van der Waals surface area contributed by atoms with Crippen molar-refractivity contribution in [1.29, 1.82) is 0 Å². The minimum Gasteiger partial charge on any atom is -0.489 e. The van der Waals surface area contributed by atoms with Gasteiger partial charge < -0.3 is 9.84 Å². The molecule has 0 saturated heterocycles. The smallest absolute Gasteiger partial charge is 0.335 e. The molecular formula is C14H10Cl2O3. The van der Waals surface area contributed by atoms with Crippen LogP contribution in [0.5, 0.6) is 5.75 Å². The highest BCUT2D eigenvalue weighted by molar-refractivity contribution is 6.33. The van der Waals surface area contributed by atoms with Crippen LogP contribution in [-0.2, 0) is 6.61 Å². The standard InChI is InChI=1S/C14H10Cl2O3/c15-11-4-5-13(16)10(6-11)8-19-12-3-1-2-9(7-12)14(17)18/h1-7H,8H2,(H,17,18). The molecule has 0 aliphatic carbocycles. The summed E-state index contributed by atoms with van der Waals surface area (Å²) in [7, 11) is 0. The molecule has 3 nitrogen and oxygen atoms in total. The van der Waals surface area contributed by atoms with Crippen molar-refractivity contribution < 1.29 is 14.6 Å². The third kappa shape index (κ3) is 3.63. The zero-order chi connectivity index (χ0) is 13.8. The molecule has 98 valence electrons. The highest BCUT2D eigenvalue weighted by Crippen LogP contribution is 2.22. The van der Waals surface area contributed by atoms with Crippen LogP contribution < -0.4 is 4.74 Å². The molecule has 0 aromatic heterocycles. The first-order chi connectivity index (χ1) is 9.06. The van der Waals surface area contributed by atoms with Crippen molar-refractivity contribution in [2.24, 2.45) is 0 Å². The summed E-state index contributed by atoms with van der Waals surface area (Å²) < 4.78 is 5.51. The van der Waals surface area contributed by atoms with E-state index in [4.69, 9.17) is 33.0 Å². The largest absolute Gasteiger partial charge is 0.489 e. The first-order valence-electron chi connectivity index (χ1n) is 5.46. The van der Waals surface area contributed by atoms with Crippen molar-refractivity contribution in [2.75, 3.05) is 0 Å². The molecular weight excluding hydrogens is 287 g/mol. The number of benzene rings is 2. The maximum Gasteiger partial charge on any atom is 0.335 e. The Labute approximate surface area is 120 Å². The lowest BCUT2D eigenvalue weighted by atomic mass is 10.2. The second kappa shape index (κ2) is 5.95. The highest BCUT2D eigenvalue weighted by Gasteiger charge is 2.06. The Bertz CT molecular complexity index is 611. The van der Waals surface area contributed by atoms with Gasteiger partial charge in [-0.1, -0.05) is 29.3 Å². The number of carbonyl (C=O) groups is 1. The van der Waals surface area contributed by atoms with Crippen LogP contribution in [0.2, 0.25) is 10.0 Å². The van der Waals surface area contributed by atoms with Gasteiger partial charge in [0, 0.05) is 15.6 Å². The number of carboxylic acids is 1. The number of hydrogen-bond donors (Lipinski definition) is 1. The van der Waals surface area contributed by atoms with Crippen molar-refractivity contribution >= 4 is 29.2 Å². The molecule has 0 heterocycles. The van der Waals surface area contributed by atoms with E-state index in [2.05, 4.69) is 0 Å². The van der Waals surface area contributed by atoms with Gasteiger partial charge in [-0.3, -0.25) is 0 Å². The minimum absolute atomic E-state index is 0.176. The van der Waals surface area contributed by atoms with Gasteiger partial charge in [0.2, 0.25) is 0 Å². The SMILES string of the molecule is O=C(O)c1cccc(OCc2cc(Cl)ccc2Cl)c1. The summed E-state index contributed by atoms with van der Waals surface area (Å²) in [5.41, 5.74) is 0.921. The van der Waals surface area contributed by atoms with E-state index in [0.29, 0.717) is 15.8 Å². The van der Waals surface area contributed by atoms with Crippen LogP contribution in [0.4, 0.5) is 0 Å². The summed E-state index contributed by atoms with van der Waals surface area (Å²) in [4.78, 5) is 10.8. The summed E-state index contributed by atoms with van der Waals surface area (Å²) in [5.74, 6) is -0.526. The van der Waals surface area contributed by atoms with Crippen LogP contribution in [0, 0.1) is 0 Å². The number of rotatable bonds is 4. The fraction of sp³-hybridized carbons (Fsp3) is 0.0714. The summed E-state index contributed by atoms with van der Waals surface area (Å²) >= 11 is 11.9. The second-order valence-electron chi connectivity index (χ2n) is 3.86. The Morgan fingerprint density at radius 1 is 1.16 bits per heavy atom. The van der Waals surface area contributed by atoms with Crippen LogP contribution in [0.15, 0.2) is 42.5 Å². The van der Waals surface area contributed by atoms with E-state index in [1.54, 1.807) is 30.3 Å². The molecule has 1 N–H and O–H groups in total. The topological polar surface area (TPSA) is 46.5 Å². The molecule has 2 rings (SSSR count). The van der Waals surface area contributed by atoms with Gasteiger partial charge in [0.05, 0.1) is 5.56 Å². The summed E-state index contributed by atoms with van der Waals surface area (Å²) in [5, 5.41) is 10.0. The second-order valence-corrected chi connectivity index (χ2v) is 4.70. The van der Waals surface area contributed by atoms with Crippen molar-refractivity contribution in [2.45, 2.75) is 6.61 Å². The Morgan fingerprint density at radius 2 is 1.95 bits per heavy atom. The zero-order valence-corrected chi connectivity index (χ0v) is 11.3. The van der Waals surface area contributed by atoms with E-state index in [9.17, 15) is 4.79 Å². The molecule has 0 aliphatic heterocycles. The predicted octanol–water partition coefficient (Wildman–Crippen LogP) is 4.27. The monoisotopic (exact) mass is 296 g/mol. The molecule has 0 spiro atoms. The first kappa shape index (κ1) is 13.7. The van der Waals surface area contributed by atoms with Gasteiger partial charge in [0.1, 0.15) is 12.4 Å². The fourth-order valence-corrected chi connectivity index (χ4v) is 1.90. The van der Waals surface area contributed by atoms with Gasteiger partial charge in [-0.2, -0.15) is 0 Å². The van der Waals surface area contributed by atoms with Crippen molar-refractivity contribution in [3.8, 4) is 5.75 Å². The molecule has 2 aromatic carbocycles. The normalized spacial score (nSPS) is 10.2. The summed E-state index contributed by atoms with van der Waals surface area (Å²) in [6.07, 6.45) is 0. The van der Waals surface area contributed by atoms with Gasteiger partial charge in [-0.05, 0) is 36.4 Å². The molecule has 0 radical (unpaired) electrons. The zero-order valence-electron chi connectivity index (χ0n) is 9.77. The van der Waals surface area contributed by atoms with E-state index in [1.807, 2.05) is 0 Å². The molecule has 0 fully saturated rings. The molecule has 0 aliphatic rings. The maximum atomic E-state index is 10.8. The minimum atomic E-state index is -0.994. The van der Waals surface area contributed by atoms with Crippen molar-refractivity contribution in [3.05, 3.63) is 63.6 Å². The highest BCUT2D eigenvalue weighted by atomic mass is 35.5. The van der Waals surface area contributed by atoms with Gasteiger partial charge >= 0.3 is 5.97 Å². The first-order valence-corrected chi connectivity index (χ1v) is 6.22. The molecule has 0 unspecified atom stereocenters. The Balaban J connectivity index is 2.12. The van der Waals surface area contributed by atoms with Crippen LogP contribution in [-0.4, -0.2) is 11.1 Å². The van der Waals surface area contributed by atoms with E-state index >= 15 is 0 Å². The van der Waals surface area contributed by atoms with Gasteiger partial charge in [-0.15, -0.1) is 0 Å². The van der Waals surface area contributed by atoms with Gasteiger partial charge in [-0.25, -0.2) is 4.79 Å². The Hall–Kier alpha value is -1.71. The molecule has 5 heteroatoms. The molecule has 0 saturated carbocycles.